The van der Waals surface area contributed by atoms with Crippen LogP contribution in [-0.2, 0) is 6.54 Å². The maximum absolute atomic E-state index is 12.4. The summed E-state index contributed by atoms with van der Waals surface area (Å²) in [6, 6.07) is 1.81. The number of hydrogen-bond acceptors (Lipinski definition) is 6. The second-order valence-electron chi connectivity index (χ2n) is 7.47. The fraction of sp³-hybridized carbons (Fsp3) is 0.765. The third kappa shape index (κ3) is 4.15. The van der Waals surface area contributed by atoms with Gasteiger partial charge in [-0.15, -0.1) is 0 Å². The number of hydrogen-bond donors (Lipinski definition) is 3. The van der Waals surface area contributed by atoms with E-state index in [0.717, 1.165) is 32.4 Å². The van der Waals surface area contributed by atoms with Crippen molar-refractivity contribution in [1.82, 2.24) is 14.5 Å². The molecule has 2 unspecified atom stereocenters. The highest BCUT2D eigenvalue weighted by atomic mass is 16.3. The van der Waals surface area contributed by atoms with Gasteiger partial charge in [-0.2, -0.15) is 0 Å². The quantitative estimate of drug-likeness (QED) is 0.736. The molecular weight excluding hydrogens is 306 g/mol. The van der Waals surface area contributed by atoms with Crippen molar-refractivity contribution in [1.29, 1.82) is 0 Å². The molecule has 1 aromatic heterocycles. The van der Waals surface area contributed by atoms with Gasteiger partial charge in [-0.05, 0) is 32.7 Å². The average molecular weight is 335 g/mol. The van der Waals surface area contributed by atoms with Crippen molar-refractivity contribution in [2.75, 3.05) is 25.5 Å². The van der Waals surface area contributed by atoms with E-state index in [0.29, 0.717) is 25.2 Å². The minimum atomic E-state index is -0.821. The number of piperidine rings is 1. The topological polar surface area (TPSA) is 96.4 Å². The van der Waals surface area contributed by atoms with Gasteiger partial charge in [0.15, 0.2) is 0 Å². The molecule has 1 saturated carbocycles. The van der Waals surface area contributed by atoms with Crippen molar-refractivity contribution in [3.05, 3.63) is 22.7 Å². The van der Waals surface area contributed by atoms with E-state index in [-0.39, 0.29) is 17.6 Å². The van der Waals surface area contributed by atoms with E-state index >= 15 is 0 Å². The highest BCUT2D eigenvalue weighted by Gasteiger charge is 2.32. The molecule has 1 aromatic rings. The minimum Gasteiger partial charge on any atom is -0.388 e. The number of rotatable bonds is 4. The van der Waals surface area contributed by atoms with E-state index in [1.54, 1.807) is 0 Å². The van der Waals surface area contributed by atoms with Crippen molar-refractivity contribution in [3.63, 3.8) is 0 Å². The molecule has 2 fully saturated rings. The Hall–Kier alpha value is -1.44. The standard InChI is InChI=1S/C17H29N5O2/c1-21-8-6-17(24,7-9-21)11-22-12-19-15(10-16(22)23)20-14-5-3-2-4-13(14)18/h10,12-14,20,24H,2-9,11,18H2,1H3. The van der Waals surface area contributed by atoms with Gasteiger partial charge in [0.1, 0.15) is 5.82 Å². The molecule has 0 spiro atoms. The lowest BCUT2D eigenvalue weighted by atomic mass is 9.91. The third-order valence-electron chi connectivity index (χ3n) is 5.41. The summed E-state index contributed by atoms with van der Waals surface area (Å²) in [6.07, 6.45) is 7.23. The van der Waals surface area contributed by atoms with Gasteiger partial charge in [0.25, 0.3) is 5.56 Å². The molecule has 4 N–H and O–H groups in total. The fourth-order valence-electron chi connectivity index (χ4n) is 3.66. The van der Waals surface area contributed by atoms with Gasteiger partial charge in [0.2, 0.25) is 0 Å². The Bertz CT molecular complexity index is 609. The van der Waals surface area contributed by atoms with Crippen LogP contribution < -0.4 is 16.6 Å². The Morgan fingerprint density at radius 2 is 2.08 bits per heavy atom. The molecule has 0 bridgehead atoms. The predicted octanol–water partition coefficient (Wildman–Crippen LogP) is 0.382. The molecule has 1 aliphatic carbocycles. The van der Waals surface area contributed by atoms with Crippen molar-refractivity contribution in [3.8, 4) is 0 Å². The number of likely N-dealkylation sites (tertiary alicyclic amines) is 1. The van der Waals surface area contributed by atoms with Gasteiger partial charge in [-0.25, -0.2) is 4.98 Å². The number of anilines is 1. The van der Waals surface area contributed by atoms with Crippen molar-refractivity contribution >= 4 is 5.82 Å². The number of nitrogens with one attached hydrogen (secondary N) is 1. The highest BCUT2D eigenvalue weighted by molar-refractivity contribution is 5.34. The second kappa shape index (κ2) is 7.21. The highest BCUT2D eigenvalue weighted by Crippen LogP contribution is 2.23. The zero-order valence-corrected chi connectivity index (χ0v) is 14.4. The van der Waals surface area contributed by atoms with Gasteiger partial charge in [-0.1, -0.05) is 12.8 Å². The SMILES string of the molecule is CN1CCC(O)(Cn2cnc(NC3CCCCC3N)cc2=O)CC1. The maximum Gasteiger partial charge on any atom is 0.255 e. The molecule has 1 saturated heterocycles. The molecule has 7 heteroatoms. The molecule has 0 radical (unpaired) electrons. The van der Waals surface area contributed by atoms with Crippen LogP contribution in [0.5, 0.6) is 0 Å². The van der Waals surface area contributed by atoms with Crippen LogP contribution in [0.2, 0.25) is 0 Å². The Morgan fingerprint density at radius 1 is 1.38 bits per heavy atom. The zero-order valence-electron chi connectivity index (χ0n) is 14.4. The smallest absolute Gasteiger partial charge is 0.255 e. The van der Waals surface area contributed by atoms with Crippen LogP contribution in [0, 0.1) is 0 Å². The zero-order chi connectivity index (χ0) is 17.2. The molecule has 1 aliphatic heterocycles. The number of aromatic nitrogens is 2. The first-order valence-corrected chi connectivity index (χ1v) is 8.95. The summed E-state index contributed by atoms with van der Waals surface area (Å²) in [5.41, 5.74) is 5.18. The molecule has 3 rings (SSSR count). The first-order chi connectivity index (χ1) is 11.5. The van der Waals surface area contributed by atoms with E-state index in [9.17, 15) is 9.90 Å². The summed E-state index contributed by atoms with van der Waals surface area (Å²) in [4.78, 5) is 18.9. The first-order valence-electron chi connectivity index (χ1n) is 8.95. The Morgan fingerprint density at radius 3 is 2.75 bits per heavy atom. The van der Waals surface area contributed by atoms with E-state index in [2.05, 4.69) is 15.2 Å². The van der Waals surface area contributed by atoms with Gasteiger partial charge in [0.05, 0.1) is 18.5 Å². The van der Waals surface area contributed by atoms with Gasteiger partial charge in [-0.3, -0.25) is 9.36 Å². The summed E-state index contributed by atoms with van der Waals surface area (Å²) in [7, 11) is 2.05. The molecule has 7 nitrogen and oxygen atoms in total. The van der Waals surface area contributed by atoms with E-state index in [4.69, 9.17) is 5.73 Å². The molecular formula is C17H29N5O2. The minimum absolute atomic E-state index is 0.114. The number of nitrogens with zero attached hydrogens (tertiary/aromatic N) is 3. The van der Waals surface area contributed by atoms with Crippen LogP contribution in [0.15, 0.2) is 17.2 Å². The van der Waals surface area contributed by atoms with Crippen LogP contribution in [-0.4, -0.2) is 57.4 Å². The number of aliphatic hydroxyl groups is 1. The fourth-order valence-corrected chi connectivity index (χ4v) is 3.66. The van der Waals surface area contributed by atoms with Crippen LogP contribution in [0.4, 0.5) is 5.82 Å². The molecule has 2 heterocycles. The largest absolute Gasteiger partial charge is 0.388 e. The summed E-state index contributed by atoms with van der Waals surface area (Å²) in [6.45, 7) is 1.99. The van der Waals surface area contributed by atoms with Crippen LogP contribution >= 0.6 is 0 Å². The van der Waals surface area contributed by atoms with Crippen LogP contribution in [0.1, 0.15) is 38.5 Å². The van der Waals surface area contributed by atoms with Gasteiger partial charge in [0, 0.05) is 31.2 Å². The summed E-state index contributed by atoms with van der Waals surface area (Å²) in [5, 5.41) is 14.0. The summed E-state index contributed by atoms with van der Waals surface area (Å²) in [5.74, 6) is 0.578. The lowest BCUT2D eigenvalue weighted by molar-refractivity contribution is -0.0299. The first kappa shape index (κ1) is 17.4. The second-order valence-corrected chi connectivity index (χ2v) is 7.47. The van der Waals surface area contributed by atoms with Gasteiger partial charge >= 0.3 is 0 Å². The van der Waals surface area contributed by atoms with Crippen LogP contribution in [0.3, 0.4) is 0 Å². The predicted molar refractivity (Wildman–Crippen MR) is 94.0 cm³/mol. The molecule has 0 amide bonds. The Kier molecular flexibility index (Phi) is 5.22. The molecule has 2 atom stereocenters. The molecule has 2 aliphatic rings. The lowest BCUT2D eigenvalue weighted by Crippen LogP contribution is -2.47. The molecule has 134 valence electrons. The Labute approximate surface area is 142 Å². The Balaban J connectivity index is 1.65. The van der Waals surface area contributed by atoms with Crippen molar-refractivity contribution < 1.29 is 5.11 Å². The number of nitrogens with two attached hydrogens (primary N) is 1. The monoisotopic (exact) mass is 335 g/mol. The average Bonchev–Trinajstić information content (AvgIpc) is 2.55. The van der Waals surface area contributed by atoms with Crippen LogP contribution in [0.25, 0.3) is 0 Å². The lowest BCUT2D eigenvalue weighted by Gasteiger charge is -2.36. The molecule has 0 aromatic carbocycles. The van der Waals surface area contributed by atoms with E-state index in [1.165, 1.54) is 23.4 Å². The van der Waals surface area contributed by atoms with Crippen molar-refractivity contribution in [2.24, 2.45) is 5.73 Å². The maximum atomic E-state index is 12.4. The normalized spacial score (nSPS) is 27.8. The van der Waals surface area contributed by atoms with E-state index in [1.807, 2.05) is 7.05 Å². The van der Waals surface area contributed by atoms with Crippen molar-refractivity contribution in [2.45, 2.75) is 62.8 Å². The molecule has 24 heavy (non-hydrogen) atoms. The third-order valence-corrected chi connectivity index (χ3v) is 5.41. The van der Waals surface area contributed by atoms with Gasteiger partial charge < -0.3 is 21.1 Å². The summed E-state index contributed by atoms with van der Waals surface area (Å²) < 4.78 is 1.51. The van der Waals surface area contributed by atoms with E-state index < -0.39 is 5.60 Å². The summed E-state index contributed by atoms with van der Waals surface area (Å²) >= 11 is 0.